The van der Waals surface area contributed by atoms with Gasteiger partial charge in [-0.1, -0.05) is 6.92 Å². The number of carbonyl (C=O) groups excluding carboxylic acids is 1. The number of benzene rings is 1. The van der Waals surface area contributed by atoms with Crippen LogP contribution in [0.2, 0.25) is 0 Å². The molecule has 0 aliphatic heterocycles. The summed E-state index contributed by atoms with van der Waals surface area (Å²) in [6.07, 6.45) is 0.654. The summed E-state index contributed by atoms with van der Waals surface area (Å²) in [7, 11) is 0. The standard InChI is InChI=1S/C13H16F2N2O3/c1-4-5-16(8(2)3)13(18)9-6-10(14)11(15)7-12(9)17(19)20/h6-8H,4-5H2,1-3H3. The van der Waals surface area contributed by atoms with Crippen LogP contribution in [0.25, 0.3) is 0 Å². The van der Waals surface area contributed by atoms with Gasteiger partial charge in [0.1, 0.15) is 5.56 Å². The lowest BCUT2D eigenvalue weighted by atomic mass is 10.1. The molecule has 0 atom stereocenters. The number of halogens is 2. The minimum atomic E-state index is -1.35. The van der Waals surface area contributed by atoms with E-state index in [1.165, 1.54) is 4.90 Å². The molecule has 0 spiro atoms. The summed E-state index contributed by atoms with van der Waals surface area (Å²) < 4.78 is 26.4. The van der Waals surface area contributed by atoms with Gasteiger partial charge in [-0.3, -0.25) is 14.9 Å². The van der Waals surface area contributed by atoms with Gasteiger partial charge < -0.3 is 4.90 Å². The number of rotatable bonds is 5. The van der Waals surface area contributed by atoms with Crippen molar-refractivity contribution in [3.63, 3.8) is 0 Å². The van der Waals surface area contributed by atoms with Crippen molar-refractivity contribution in [2.75, 3.05) is 6.54 Å². The van der Waals surface area contributed by atoms with Crippen molar-refractivity contribution in [1.29, 1.82) is 0 Å². The number of amides is 1. The largest absolute Gasteiger partial charge is 0.336 e. The maximum absolute atomic E-state index is 13.3. The van der Waals surface area contributed by atoms with Crippen molar-refractivity contribution >= 4 is 11.6 Å². The lowest BCUT2D eigenvalue weighted by Gasteiger charge is -2.26. The second-order valence-corrected chi connectivity index (χ2v) is 4.63. The van der Waals surface area contributed by atoms with E-state index in [1.54, 1.807) is 13.8 Å². The van der Waals surface area contributed by atoms with Crippen molar-refractivity contribution in [3.8, 4) is 0 Å². The number of hydrogen-bond acceptors (Lipinski definition) is 3. The predicted octanol–water partition coefficient (Wildman–Crippen LogP) is 3.13. The van der Waals surface area contributed by atoms with Gasteiger partial charge in [0.05, 0.1) is 11.0 Å². The number of nitro benzene ring substituents is 1. The quantitative estimate of drug-likeness (QED) is 0.617. The average Bonchev–Trinajstić information content (AvgIpc) is 2.37. The Bertz CT molecular complexity index is 533. The maximum atomic E-state index is 13.3. The van der Waals surface area contributed by atoms with E-state index in [-0.39, 0.29) is 6.04 Å². The molecule has 0 saturated carbocycles. The lowest BCUT2D eigenvalue weighted by molar-refractivity contribution is -0.385. The molecule has 0 bridgehead atoms. The van der Waals surface area contributed by atoms with Crippen LogP contribution in [-0.2, 0) is 0 Å². The first kappa shape index (κ1) is 16.0. The SMILES string of the molecule is CCCN(C(=O)c1cc(F)c(F)cc1[N+](=O)[O-])C(C)C. The van der Waals surface area contributed by atoms with E-state index < -0.39 is 33.7 Å². The molecule has 20 heavy (non-hydrogen) atoms. The Morgan fingerprint density at radius 2 is 1.90 bits per heavy atom. The minimum Gasteiger partial charge on any atom is -0.336 e. The molecule has 0 radical (unpaired) electrons. The van der Waals surface area contributed by atoms with Crippen LogP contribution in [0.15, 0.2) is 12.1 Å². The second kappa shape index (κ2) is 6.40. The Morgan fingerprint density at radius 1 is 1.35 bits per heavy atom. The van der Waals surface area contributed by atoms with Crippen molar-refractivity contribution in [3.05, 3.63) is 39.4 Å². The smallest absolute Gasteiger partial charge is 0.285 e. The van der Waals surface area contributed by atoms with Gasteiger partial charge in [0, 0.05) is 12.6 Å². The number of hydrogen-bond donors (Lipinski definition) is 0. The first-order valence-corrected chi connectivity index (χ1v) is 6.24. The van der Waals surface area contributed by atoms with E-state index in [2.05, 4.69) is 0 Å². The zero-order valence-corrected chi connectivity index (χ0v) is 11.5. The summed E-state index contributed by atoms with van der Waals surface area (Å²) >= 11 is 0. The molecule has 0 aliphatic rings. The normalized spacial score (nSPS) is 10.7. The highest BCUT2D eigenvalue weighted by Crippen LogP contribution is 2.24. The van der Waals surface area contributed by atoms with E-state index in [0.29, 0.717) is 25.1 Å². The van der Waals surface area contributed by atoms with Gasteiger partial charge in [-0.2, -0.15) is 0 Å². The highest BCUT2D eigenvalue weighted by molar-refractivity contribution is 5.98. The molecule has 0 heterocycles. The van der Waals surface area contributed by atoms with Gasteiger partial charge in [0.25, 0.3) is 11.6 Å². The van der Waals surface area contributed by atoms with Crippen molar-refractivity contribution in [2.45, 2.75) is 33.2 Å². The third kappa shape index (κ3) is 3.28. The third-order valence-corrected chi connectivity index (χ3v) is 2.81. The fourth-order valence-corrected chi connectivity index (χ4v) is 1.85. The third-order valence-electron chi connectivity index (χ3n) is 2.81. The molecule has 0 fully saturated rings. The van der Waals surface area contributed by atoms with E-state index in [9.17, 15) is 23.7 Å². The van der Waals surface area contributed by atoms with Crippen LogP contribution >= 0.6 is 0 Å². The van der Waals surface area contributed by atoms with Crippen LogP contribution in [0.4, 0.5) is 14.5 Å². The molecule has 7 heteroatoms. The number of nitro groups is 1. The van der Waals surface area contributed by atoms with Crippen LogP contribution < -0.4 is 0 Å². The maximum Gasteiger partial charge on any atom is 0.285 e. The Hall–Kier alpha value is -2.05. The zero-order chi connectivity index (χ0) is 15.4. The van der Waals surface area contributed by atoms with Crippen LogP contribution in [0.3, 0.4) is 0 Å². The van der Waals surface area contributed by atoms with Crippen molar-refractivity contribution in [2.24, 2.45) is 0 Å². The molecule has 0 saturated heterocycles. The fraction of sp³-hybridized carbons (Fsp3) is 0.462. The summed E-state index contributed by atoms with van der Waals surface area (Å²) in [4.78, 5) is 23.7. The molecule has 0 aromatic heterocycles. The molecule has 1 amide bonds. The molecule has 1 aromatic carbocycles. The van der Waals surface area contributed by atoms with Crippen molar-refractivity contribution < 1.29 is 18.5 Å². The van der Waals surface area contributed by atoms with Gasteiger partial charge in [-0.05, 0) is 26.3 Å². The van der Waals surface area contributed by atoms with E-state index in [1.807, 2.05) is 6.92 Å². The molecular weight excluding hydrogens is 270 g/mol. The lowest BCUT2D eigenvalue weighted by Crippen LogP contribution is -2.37. The highest BCUT2D eigenvalue weighted by Gasteiger charge is 2.28. The van der Waals surface area contributed by atoms with E-state index in [4.69, 9.17) is 0 Å². The summed E-state index contributed by atoms with van der Waals surface area (Å²) in [6.45, 7) is 5.73. The van der Waals surface area contributed by atoms with E-state index >= 15 is 0 Å². The molecule has 0 N–H and O–H groups in total. The van der Waals surface area contributed by atoms with Gasteiger partial charge in [-0.25, -0.2) is 8.78 Å². The van der Waals surface area contributed by atoms with Crippen molar-refractivity contribution in [1.82, 2.24) is 4.90 Å². The Kier molecular flexibility index (Phi) is 5.12. The highest BCUT2D eigenvalue weighted by atomic mass is 19.2. The number of nitrogens with zero attached hydrogens (tertiary/aromatic N) is 2. The topological polar surface area (TPSA) is 63.5 Å². The average molecular weight is 286 g/mol. The fourth-order valence-electron chi connectivity index (χ4n) is 1.85. The van der Waals surface area contributed by atoms with Gasteiger partial charge in [0.2, 0.25) is 0 Å². The predicted molar refractivity (Wildman–Crippen MR) is 69.5 cm³/mol. The van der Waals surface area contributed by atoms with Crippen LogP contribution in [0.1, 0.15) is 37.6 Å². The molecule has 0 unspecified atom stereocenters. The Morgan fingerprint density at radius 3 is 2.35 bits per heavy atom. The monoisotopic (exact) mass is 286 g/mol. The Labute approximate surface area is 115 Å². The number of carbonyl (C=O) groups is 1. The first-order valence-electron chi connectivity index (χ1n) is 6.24. The molecule has 1 rings (SSSR count). The molecule has 1 aromatic rings. The minimum absolute atomic E-state index is 0.199. The molecule has 5 nitrogen and oxygen atoms in total. The van der Waals surface area contributed by atoms with E-state index in [0.717, 1.165) is 0 Å². The summed E-state index contributed by atoms with van der Waals surface area (Å²) in [5.74, 6) is -3.30. The Balaban J connectivity index is 3.33. The molecule has 110 valence electrons. The zero-order valence-electron chi connectivity index (χ0n) is 11.5. The van der Waals surface area contributed by atoms with Crippen LogP contribution in [-0.4, -0.2) is 28.3 Å². The summed E-state index contributed by atoms with van der Waals surface area (Å²) in [6, 6.07) is 0.823. The molecule has 0 aliphatic carbocycles. The van der Waals surface area contributed by atoms with Gasteiger partial charge in [0.15, 0.2) is 11.6 Å². The van der Waals surface area contributed by atoms with Crippen LogP contribution in [0.5, 0.6) is 0 Å². The van der Waals surface area contributed by atoms with Crippen LogP contribution in [0, 0.1) is 21.7 Å². The first-order chi connectivity index (χ1) is 9.29. The van der Waals surface area contributed by atoms with Gasteiger partial charge in [-0.15, -0.1) is 0 Å². The summed E-state index contributed by atoms with van der Waals surface area (Å²) in [5.41, 5.74) is -1.16. The second-order valence-electron chi connectivity index (χ2n) is 4.63. The van der Waals surface area contributed by atoms with Gasteiger partial charge >= 0.3 is 0 Å². The molecular formula is C13H16F2N2O3. The summed E-state index contributed by atoms with van der Waals surface area (Å²) in [5, 5.41) is 10.9.